The van der Waals surface area contributed by atoms with Gasteiger partial charge in [0.2, 0.25) is 5.91 Å². The average molecular weight is 246 g/mol. The van der Waals surface area contributed by atoms with Gasteiger partial charge in [-0.15, -0.1) is 0 Å². The molecule has 0 heterocycles. The fourth-order valence-corrected chi connectivity index (χ4v) is 1.54. The highest BCUT2D eigenvalue weighted by Gasteiger charge is 2.25. The van der Waals surface area contributed by atoms with Gasteiger partial charge in [0.1, 0.15) is 0 Å². The molecular weight excluding hydrogens is 220 g/mol. The first-order valence-corrected chi connectivity index (χ1v) is 6.16. The van der Waals surface area contributed by atoms with Crippen LogP contribution in [0.2, 0.25) is 0 Å². The van der Waals surface area contributed by atoms with E-state index in [0.29, 0.717) is 19.4 Å². The van der Waals surface area contributed by atoms with Crippen molar-refractivity contribution in [1.29, 1.82) is 0 Å². The van der Waals surface area contributed by atoms with Gasteiger partial charge in [0, 0.05) is 25.9 Å². The number of aliphatic hydroxyl groups is 1. The van der Waals surface area contributed by atoms with E-state index in [4.69, 9.17) is 15.6 Å². The van der Waals surface area contributed by atoms with E-state index in [9.17, 15) is 4.79 Å². The lowest BCUT2D eigenvalue weighted by Gasteiger charge is -2.30. The molecule has 5 heteroatoms. The first kappa shape index (κ1) is 16.4. The van der Waals surface area contributed by atoms with Gasteiger partial charge in [-0.05, 0) is 32.6 Å². The molecule has 0 aromatic carbocycles. The van der Waals surface area contributed by atoms with Crippen LogP contribution in [0.25, 0.3) is 0 Å². The number of amides is 1. The Kier molecular flexibility index (Phi) is 8.12. The summed E-state index contributed by atoms with van der Waals surface area (Å²) in [5.41, 5.74) is 5.42. The lowest BCUT2D eigenvalue weighted by Crippen LogP contribution is -2.52. The Morgan fingerprint density at radius 2 is 2.24 bits per heavy atom. The number of ether oxygens (including phenoxy) is 1. The van der Waals surface area contributed by atoms with E-state index in [2.05, 4.69) is 5.32 Å². The summed E-state index contributed by atoms with van der Waals surface area (Å²) in [5, 5.41) is 11.9. The van der Waals surface area contributed by atoms with Crippen LogP contribution in [-0.2, 0) is 9.53 Å². The number of rotatable bonds is 9. The molecule has 102 valence electrons. The summed E-state index contributed by atoms with van der Waals surface area (Å²) in [7, 11) is 1.63. The second-order valence-electron chi connectivity index (χ2n) is 4.62. The second kappa shape index (κ2) is 8.44. The Morgan fingerprint density at radius 3 is 2.71 bits per heavy atom. The molecule has 1 amide bonds. The molecule has 2 unspecified atom stereocenters. The largest absolute Gasteiger partial charge is 0.396 e. The van der Waals surface area contributed by atoms with Gasteiger partial charge < -0.3 is 20.9 Å². The number of aliphatic hydroxyl groups excluding tert-OH is 1. The number of methoxy groups -OCH3 is 1. The van der Waals surface area contributed by atoms with Gasteiger partial charge in [0.05, 0.1) is 6.04 Å². The minimum absolute atomic E-state index is 0.0591. The molecule has 0 saturated heterocycles. The van der Waals surface area contributed by atoms with E-state index in [1.54, 1.807) is 7.11 Å². The number of nitrogens with one attached hydrogen (secondary N) is 1. The minimum Gasteiger partial charge on any atom is -0.396 e. The summed E-state index contributed by atoms with van der Waals surface area (Å²) in [6.45, 7) is 4.57. The van der Waals surface area contributed by atoms with E-state index >= 15 is 0 Å². The quantitative estimate of drug-likeness (QED) is 0.514. The fraction of sp³-hybridized carbons (Fsp3) is 0.917. The SMILES string of the molecule is CCC(C)(CCO)NC(=O)C(N)CCCOC. The van der Waals surface area contributed by atoms with E-state index < -0.39 is 6.04 Å². The highest BCUT2D eigenvalue weighted by atomic mass is 16.5. The highest BCUT2D eigenvalue weighted by molar-refractivity contribution is 5.82. The van der Waals surface area contributed by atoms with Crippen LogP contribution in [0.15, 0.2) is 0 Å². The fourth-order valence-electron chi connectivity index (χ4n) is 1.54. The van der Waals surface area contributed by atoms with Crippen molar-refractivity contribution < 1.29 is 14.6 Å². The van der Waals surface area contributed by atoms with Crippen molar-refractivity contribution in [3.8, 4) is 0 Å². The number of hydrogen-bond acceptors (Lipinski definition) is 4. The number of carbonyl (C=O) groups is 1. The van der Waals surface area contributed by atoms with Crippen molar-refractivity contribution in [2.45, 2.75) is 51.1 Å². The minimum atomic E-state index is -0.505. The lowest BCUT2D eigenvalue weighted by molar-refractivity contribution is -0.124. The van der Waals surface area contributed by atoms with Crippen LogP contribution in [0.1, 0.15) is 39.5 Å². The van der Waals surface area contributed by atoms with Gasteiger partial charge in [0.25, 0.3) is 0 Å². The smallest absolute Gasteiger partial charge is 0.237 e. The Balaban J connectivity index is 4.12. The first-order chi connectivity index (χ1) is 7.99. The monoisotopic (exact) mass is 246 g/mol. The second-order valence-corrected chi connectivity index (χ2v) is 4.62. The van der Waals surface area contributed by atoms with Crippen LogP contribution in [0, 0.1) is 0 Å². The van der Waals surface area contributed by atoms with Crippen LogP contribution in [0.5, 0.6) is 0 Å². The van der Waals surface area contributed by atoms with Crippen molar-refractivity contribution in [2.24, 2.45) is 5.73 Å². The van der Waals surface area contributed by atoms with Crippen LogP contribution < -0.4 is 11.1 Å². The van der Waals surface area contributed by atoms with Crippen LogP contribution in [0.3, 0.4) is 0 Å². The third-order valence-electron chi connectivity index (χ3n) is 3.07. The van der Waals surface area contributed by atoms with Gasteiger partial charge in [0.15, 0.2) is 0 Å². The van der Waals surface area contributed by atoms with Crippen molar-refractivity contribution >= 4 is 5.91 Å². The third-order valence-corrected chi connectivity index (χ3v) is 3.07. The Hall–Kier alpha value is -0.650. The Labute approximate surface area is 104 Å². The molecule has 5 nitrogen and oxygen atoms in total. The number of carbonyl (C=O) groups excluding carboxylic acids is 1. The maximum atomic E-state index is 11.8. The molecular formula is C12H26N2O3. The predicted octanol–water partition coefficient (Wildman–Crippen LogP) is 0.408. The van der Waals surface area contributed by atoms with Crippen LogP contribution in [0.4, 0.5) is 0 Å². The molecule has 0 bridgehead atoms. The molecule has 17 heavy (non-hydrogen) atoms. The van der Waals surface area contributed by atoms with E-state index in [0.717, 1.165) is 12.8 Å². The van der Waals surface area contributed by atoms with Gasteiger partial charge in [-0.2, -0.15) is 0 Å². The zero-order chi connectivity index (χ0) is 13.3. The summed E-state index contributed by atoms with van der Waals surface area (Å²) in [6, 6.07) is -0.505. The molecule has 0 spiro atoms. The van der Waals surface area contributed by atoms with Crippen molar-refractivity contribution in [1.82, 2.24) is 5.32 Å². The Bertz CT molecular complexity index is 224. The maximum Gasteiger partial charge on any atom is 0.237 e. The molecule has 2 atom stereocenters. The highest BCUT2D eigenvalue weighted by Crippen LogP contribution is 2.14. The van der Waals surface area contributed by atoms with Crippen molar-refractivity contribution in [3.05, 3.63) is 0 Å². The molecule has 0 fully saturated rings. The molecule has 0 aliphatic heterocycles. The van der Waals surface area contributed by atoms with Crippen molar-refractivity contribution in [2.75, 3.05) is 20.3 Å². The first-order valence-electron chi connectivity index (χ1n) is 6.16. The average Bonchev–Trinajstić information content (AvgIpc) is 2.29. The lowest BCUT2D eigenvalue weighted by atomic mass is 9.94. The molecule has 0 aliphatic rings. The zero-order valence-corrected chi connectivity index (χ0v) is 11.2. The molecule has 0 radical (unpaired) electrons. The molecule has 0 saturated carbocycles. The van der Waals surface area contributed by atoms with E-state index in [1.807, 2.05) is 13.8 Å². The van der Waals surface area contributed by atoms with Crippen LogP contribution >= 0.6 is 0 Å². The summed E-state index contributed by atoms with van der Waals surface area (Å²) in [5.74, 6) is -0.154. The predicted molar refractivity (Wildman–Crippen MR) is 67.6 cm³/mol. The van der Waals surface area contributed by atoms with Gasteiger partial charge in [-0.1, -0.05) is 6.92 Å². The van der Waals surface area contributed by atoms with Crippen molar-refractivity contribution in [3.63, 3.8) is 0 Å². The van der Waals surface area contributed by atoms with Gasteiger partial charge >= 0.3 is 0 Å². The van der Waals surface area contributed by atoms with Gasteiger partial charge in [-0.3, -0.25) is 4.79 Å². The number of hydrogen-bond donors (Lipinski definition) is 3. The van der Waals surface area contributed by atoms with E-state index in [-0.39, 0.29) is 18.1 Å². The molecule has 0 aliphatic carbocycles. The summed E-state index contributed by atoms with van der Waals surface area (Å²) >= 11 is 0. The summed E-state index contributed by atoms with van der Waals surface area (Å²) in [6.07, 6.45) is 2.69. The Morgan fingerprint density at radius 1 is 1.59 bits per heavy atom. The topological polar surface area (TPSA) is 84.6 Å². The maximum absolute atomic E-state index is 11.8. The summed E-state index contributed by atoms with van der Waals surface area (Å²) < 4.78 is 4.91. The molecule has 0 aromatic heterocycles. The standard InChI is InChI=1S/C12H26N2O3/c1-4-12(2,7-8-15)14-11(16)10(13)6-5-9-17-3/h10,15H,4-9,13H2,1-3H3,(H,14,16). The normalized spacial score (nSPS) is 16.3. The molecule has 0 rings (SSSR count). The molecule has 4 N–H and O–H groups in total. The number of nitrogens with two attached hydrogens (primary N) is 1. The van der Waals surface area contributed by atoms with Crippen LogP contribution in [-0.4, -0.2) is 42.9 Å². The summed E-state index contributed by atoms with van der Waals surface area (Å²) in [4.78, 5) is 11.8. The van der Waals surface area contributed by atoms with E-state index in [1.165, 1.54) is 0 Å². The molecule has 0 aromatic rings. The third kappa shape index (κ3) is 6.61. The van der Waals surface area contributed by atoms with Gasteiger partial charge in [-0.25, -0.2) is 0 Å². The zero-order valence-electron chi connectivity index (χ0n) is 11.2.